The van der Waals surface area contributed by atoms with Gasteiger partial charge in [-0.05, 0) is 54.9 Å². The maximum Gasteiger partial charge on any atom is 0.271 e. The molecule has 1 unspecified atom stereocenters. The van der Waals surface area contributed by atoms with Gasteiger partial charge in [-0.15, -0.1) is 0 Å². The van der Waals surface area contributed by atoms with E-state index in [1.165, 1.54) is 20.3 Å². The predicted molar refractivity (Wildman–Crippen MR) is 98.8 cm³/mol. The lowest BCUT2D eigenvalue weighted by atomic mass is 10.3. The third-order valence-electron chi connectivity index (χ3n) is 3.71. The normalized spacial score (nSPS) is 12.8. The van der Waals surface area contributed by atoms with Gasteiger partial charge in [0, 0.05) is 23.8 Å². The average molecular weight is 449 g/mol. The lowest BCUT2D eigenvalue weighted by molar-refractivity contribution is -0.112. The summed E-state index contributed by atoms with van der Waals surface area (Å²) in [7, 11) is -1.25. The van der Waals surface area contributed by atoms with Crippen LogP contribution in [0.2, 0.25) is 0 Å². The van der Waals surface area contributed by atoms with E-state index < -0.39 is 16.4 Å². The van der Waals surface area contributed by atoms with Crippen molar-refractivity contribution in [1.82, 2.24) is 5.16 Å². The van der Waals surface area contributed by atoms with Crippen molar-refractivity contribution in [2.75, 3.05) is 25.1 Å². The standard InChI is InChI=1S/C16H21BrN2O6S/c1-6-24-16(23-5)19(15-10(2)11(3)18-25-15)26(20,21)14-8-7-12(22-4)9-13(14)17/h7-9,16H,6H2,1-5H3. The lowest BCUT2D eigenvalue weighted by Crippen LogP contribution is -2.43. The Bertz CT molecular complexity index is 868. The fraction of sp³-hybridized carbons (Fsp3) is 0.438. The Hall–Kier alpha value is -1.62. The second kappa shape index (κ2) is 8.38. The van der Waals surface area contributed by atoms with E-state index in [0.717, 1.165) is 4.31 Å². The number of hydrogen-bond acceptors (Lipinski definition) is 7. The molecule has 0 radical (unpaired) electrons. The van der Waals surface area contributed by atoms with Gasteiger partial charge in [-0.3, -0.25) is 0 Å². The van der Waals surface area contributed by atoms with Crippen molar-refractivity contribution in [1.29, 1.82) is 0 Å². The van der Waals surface area contributed by atoms with E-state index in [1.807, 2.05) is 0 Å². The number of aromatic nitrogens is 1. The van der Waals surface area contributed by atoms with Crippen LogP contribution in [0.1, 0.15) is 18.2 Å². The first-order valence-corrected chi connectivity index (χ1v) is 9.96. The van der Waals surface area contributed by atoms with Crippen LogP contribution in [0.5, 0.6) is 5.75 Å². The smallest absolute Gasteiger partial charge is 0.271 e. The molecule has 1 aromatic carbocycles. The number of rotatable bonds is 8. The molecule has 1 atom stereocenters. The van der Waals surface area contributed by atoms with Gasteiger partial charge in [0.1, 0.15) is 10.6 Å². The van der Waals surface area contributed by atoms with E-state index in [0.29, 0.717) is 21.5 Å². The van der Waals surface area contributed by atoms with Crippen LogP contribution in [0, 0.1) is 13.8 Å². The zero-order valence-electron chi connectivity index (χ0n) is 15.1. The van der Waals surface area contributed by atoms with Gasteiger partial charge in [0.05, 0.1) is 12.8 Å². The molecule has 0 bridgehead atoms. The van der Waals surface area contributed by atoms with Crippen molar-refractivity contribution >= 4 is 31.8 Å². The van der Waals surface area contributed by atoms with Crippen molar-refractivity contribution < 1.29 is 27.2 Å². The minimum Gasteiger partial charge on any atom is -0.497 e. The molecule has 144 valence electrons. The van der Waals surface area contributed by atoms with Gasteiger partial charge < -0.3 is 18.7 Å². The molecule has 0 amide bonds. The largest absolute Gasteiger partial charge is 0.497 e. The minimum absolute atomic E-state index is 0.00788. The van der Waals surface area contributed by atoms with Gasteiger partial charge in [0.15, 0.2) is 0 Å². The Morgan fingerprint density at radius 3 is 2.46 bits per heavy atom. The maximum absolute atomic E-state index is 13.4. The molecule has 2 rings (SSSR count). The number of aryl methyl sites for hydroxylation is 1. The molecule has 26 heavy (non-hydrogen) atoms. The van der Waals surface area contributed by atoms with Crippen LogP contribution in [-0.4, -0.2) is 40.8 Å². The zero-order chi connectivity index (χ0) is 19.5. The number of nitrogens with zero attached hydrogens (tertiary/aromatic N) is 2. The van der Waals surface area contributed by atoms with Gasteiger partial charge in [0.2, 0.25) is 5.88 Å². The van der Waals surface area contributed by atoms with E-state index in [1.54, 1.807) is 32.9 Å². The number of sulfonamides is 1. The molecule has 0 aliphatic heterocycles. The third-order valence-corrected chi connectivity index (χ3v) is 6.40. The molecular formula is C16H21BrN2O6S. The highest BCUT2D eigenvalue weighted by Crippen LogP contribution is 2.35. The molecule has 0 fully saturated rings. The fourth-order valence-corrected chi connectivity index (χ4v) is 4.72. The number of benzene rings is 1. The zero-order valence-corrected chi connectivity index (χ0v) is 17.5. The number of anilines is 1. The molecule has 0 aliphatic rings. The first-order chi connectivity index (χ1) is 12.3. The van der Waals surface area contributed by atoms with E-state index in [4.69, 9.17) is 18.7 Å². The van der Waals surface area contributed by atoms with Crippen molar-refractivity contribution in [2.24, 2.45) is 0 Å². The predicted octanol–water partition coefficient (Wildman–Crippen LogP) is 3.22. The molecule has 10 heteroatoms. The first kappa shape index (κ1) is 20.7. The highest BCUT2D eigenvalue weighted by atomic mass is 79.9. The summed E-state index contributed by atoms with van der Waals surface area (Å²) in [6.45, 7) is 5.41. The lowest BCUT2D eigenvalue weighted by Gasteiger charge is -2.29. The molecule has 0 spiro atoms. The van der Waals surface area contributed by atoms with E-state index in [-0.39, 0.29) is 17.4 Å². The third kappa shape index (κ3) is 3.88. The number of ether oxygens (including phenoxy) is 3. The van der Waals surface area contributed by atoms with Gasteiger partial charge >= 0.3 is 0 Å². The van der Waals surface area contributed by atoms with Crippen LogP contribution in [-0.2, 0) is 19.5 Å². The summed E-state index contributed by atoms with van der Waals surface area (Å²) in [6.07, 6.45) is -1.22. The molecule has 1 heterocycles. The quantitative estimate of drug-likeness (QED) is 0.572. The summed E-state index contributed by atoms with van der Waals surface area (Å²) >= 11 is 3.28. The molecule has 2 aromatic rings. The molecule has 8 nitrogen and oxygen atoms in total. The summed E-state index contributed by atoms with van der Waals surface area (Å²) in [6, 6.07) is 4.55. The van der Waals surface area contributed by atoms with Crippen LogP contribution in [0.15, 0.2) is 32.1 Å². The number of methoxy groups -OCH3 is 2. The summed E-state index contributed by atoms with van der Waals surface area (Å²) in [5, 5.41) is 3.85. The molecular weight excluding hydrogens is 428 g/mol. The van der Waals surface area contributed by atoms with Crippen LogP contribution >= 0.6 is 15.9 Å². The van der Waals surface area contributed by atoms with Crippen molar-refractivity contribution in [3.63, 3.8) is 0 Å². The summed E-state index contributed by atoms with van der Waals surface area (Å²) in [5.74, 6) is 0.549. The number of hydrogen-bond donors (Lipinski definition) is 0. The molecule has 0 aliphatic carbocycles. The van der Waals surface area contributed by atoms with Gasteiger partial charge in [-0.1, -0.05) is 5.16 Å². The SMILES string of the molecule is CCOC(OC)N(c1onc(C)c1C)S(=O)(=O)c1ccc(OC)cc1Br. The summed E-state index contributed by atoms with van der Waals surface area (Å²) < 4.78 is 49.2. The minimum atomic E-state index is -4.11. The van der Waals surface area contributed by atoms with Gasteiger partial charge in [-0.2, -0.15) is 4.31 Å². The Morgan fingerprint density at radius 1 is 1.31 bits per heavy atom. The summed E-state index contributed by atoms with van der Waals surface area (Å²) in [4.78, 5) is 0.00788. The van der Waals surface area contributed by atoms with Crippen LogP contribution in [0.4, 0.5) is 5.88 Å². The second-order valence-corrected chi connectivity index (χ2v) is 7.93. The second-order valence-electron chi connectivity index (χ2n) is 5.29. The fourth-order valence-electron chi connectivity index (χ4n) is 2.22. The number of halogens is 1. The highest BCUT2D eigenvalue weighted by Gasteiger charge is 2.38. The monoisotopic (exact) mass is 448 g/mol. The van der Waals surface area contributed by atoms with E-state index in [9.17, 15) is 8.42 Å². The van der Waals surface area contributed by atoms with Crippen LogP contribution in [0.25, 0.3) is 0 Å². The summed E-state index contributed by atoms with van der Waals surface area (Å²) in [5.41, 5.74) is 1.14. The maximum atomic E-state index is 13.4. The highest BCUT2D eigenvalue weighted by molar-refractivity contribution is 9.10. The van der Waals surface area contributed by atoms with Crippen LogP contribution < -0.4 is 9.04 Å². The average Bonchev–Trinajstić information content (AvgIpc) is 2.93. The van der Waals surface area contributed by atoms with Crippen molar-refractivity contribution in [3.05, 3.63) is 33.9 Å². The van der Waals surface area contributed by atoms with Crippen LogP contribution in [0.3, 0.4) is 0 Å². The Kier molecular flexibility index (Phi) is 6.67. The van der Waals surface area contributed by atoms with Gasteiger partial charge in [-0.25, -0.2) is 8.42 Å². The molecule has 0 saturated carbocycles. The van der Waals surface area contributed by atoms with E-state index in [2.05, 4.69) is 21.1 Å². The topological polar surface area (TPSA) is 91.1 Å². The Morgan fingerprint density at radius 2 is 2.00 bits per heavy atom. The van der Waals surface area contributed by atoms with Crippen molar-refractivity contribution in [3.8, 4) is 5.75 Å². The molecule has 0 N–H and O–H groups in total. The van der Waals surface area contributed by atoms with Gasteiger partial charge in [0.25, 0.3) is 16.4 Å². The Balaban J connectivity index is 2.65. The van der Waals surface area contributed by atoms with Crippen molar-refractivity contribution in [2.45, 2.75) is 32.1 Å². The Labute approximate surface area is 161 Å². The first-order valence-electron chi connectivity index (χ1n) is 7.73. The molecule has 0 saturated heterocycles. The van der Waals surface area contributed by atoms with E-state index >= 15 is 0 Å². The molecule has 1 aromatic heterocycles.